The van der Waals surface area contributed by atoms with Crippen LogP contribution in [0.2, 0.25) is 0 Å². The molecule has 0 spiro atoms. The molecule has 1 atom stereocenters. The maximum absolute atomic E-state index is 12.3. The fraction of sp³-hybridized carbons (Fsp3) is 0.455. The summed E-state index contributed by atoms with van der Waals surface area (Å²) in [6.07, 6.45) is 1.15. The number of pyridine rings is 1. The molecule has 1 fully saturated rings. The zero-order valence-corrected chi connectivity index (χ0v) is 11.5. The van der Waals surface area contributed by atoms with Gasteiger partial charge in [0.05, 0.1) is 0 Å². The summed E-state index contributed by atoms with van der Waals surface area (Å²) >= 11 is 0. The standard InChI is InChI=1S/C11H13N3O5S/c1-8-7-13(5-4-10(8)15)20(18,19)9-2-3-11(12-6-9)14(16)17/h2-3,6,8H,4-5,7H2,1H3. The molecular formula is C11H13N3O5S. The highest BCUT2D eigenvalue weighted by Gasteiger charge is 2.33. The van der Waals surface area contributed by atoms with Crippen molar-refractivity contribution in [1.82, 2.24) is 9.29 Å². The lowest BCUT2D eigenvalue weighted by Crippen LogP contribution is -2.43. The first-order valence-corrected chi connectivity index (χ1v) is 7.39. The summed E-state index contributed by atoms with van der Waals surface area (Å²) in [4.78, 5) is 24.6. The summed E-state index contributed by atoms with van der Waals surface area (Å²) < 4.78 is 25.9. The molecule has 0 amide bonds. The van der Waals surface area contributed by atoms with Crippen LogP contribution in [0.1, 0.15) is 13.3 Å². The lowest BCUT2D eigenvalue weighted by Gasteiger charge is -2.28. The van der Waals surface area contributed by atoms with Gasteiger partial charge < -0.3 is 10.1 Å². The molecule has 0 aromatic carbocycles. The monoisotopic (exact) mass is 299 g/mol. The number of hydrogen-bond donors (Lipinski definition) is 0. The molecule has 0 bridgehead atoms. The van der Waals surface area contributed by atoms with Gasteiger partial charge in [-0.1, -0.05) is 6.92 Å². The van der Waals surface area contributed by atoms with E-state index in [1.54, 1.807) is 6.92 Å². The second-order valence-corrected chi connectivity index (χ2v) is 6.53. The van der Waals surface area contributed by atoms with E-state index in [1.165, 1.54) is 4.31 Å². The van der Waals surface area contributed by atoms with E-state index in [9.17, 15) is 23.3 Å². The molecule has 2 rings (SSSR count). The fourth-order valence-electron chi connectivity index (χ4n) is 1.98. The third-order valence-electron chi connectivity index (χ3n) is 3.18. The van der Waals surface area contributed by atoms with Crippen LogP contribution in [0.25, 0.3) is 0 Å². The average molecular weight is 299 g/mol. The highest BCUT2D eigenvalue weighted by Crippen LogP contribution is 2.22. The van der Waals surface area contributed by atoms with Crippen LogP contribution in [0.4, 0.5) is 5.82 Å². The lowest BCUT2D eigenvalue weighted by molar-refractivity contribution is -0.389. The molecule has 0 radical (unpaired) electrons. The van der Waals surface area contributed by atoms with Gasteiger partial charge in [-0.3, -0.25) is 4.79 Å². The Hall–Kier alpha value is -1.87. The van der Waals surface area contributed by atoms with Gasteiger partial charge in [0.1, 0.15) is 10.7 Å². The molecule has 1 aromatic heterocycles. The maximum Gasteiger partial charge on any atom is 0.363 e. The number of nitrogens with zero attached hydrogens (tertiary/aromatic N) is 3. The minimum atomic E-state index is -3.76. The van der Waals surface area contributed by atoms with E-state index in [2.05, 4.69) is 4.98 Å². The third kappa shape index (κ3) is 2.68. The number of carbonyl (C=O) groups excluding carboxylic acids is 1. The molecule has 0 saturated carbocycles. The first kappa shape index (κ1) is 14.5. The summed E-state index contributed by atoms with van der Waals surface area (Å²) in [6, 6.07) is 2.20. The van der Waals surface area contributed by atoms with Gasteiger partial charge in [0, 0.05) is 31.5 Å². The van der Waals surface area contributed by atoms with Crippen molar-refractivity contribution >= 4 is 21.6 Å². The summed E-state index contributed by atoms with van der Waals surface area (Å²) in [7, 11) is -3.76. The van der Waals surface area contributed by atoms with Gasteiger partial charge in [0.15, 0.2) is 6.20 Å². The van der Waals surface area contributed by atoms with E-state index in [1.807, 2.05) is 0 Å². The summed E-state index contributed by atoms with van der Waals surface area (Å²) in [5.41, 5.74) is 0. The molecule has 2 heterocycles. The molecule has 108 valence electrons. The number of nitro groups is 1. The van der Waals surface area contributed by atoms with E-state index >= 15 is 0 Å². The van der Waals surface area contributed by atoms with Crippen molar-refractivity contribution < 1.29 is 18.1 Å². The van der Waals surface area contributed by atoms with Gasteiger partial charge >= 0.3 is 5.82 Å². The Labute approximate surface area is 115 Å². The zero-order valence-electron chi connectivity index (χ0n) is 10.7. The molecule has 1 saturated heterocycles. The minimum Gasteiger partial charge on any atom is -0.358 e. The fourth-order valence-corrected chi connectivity index (χ4v) is 3.46. The molecule has 1 aromatic rings. The smallest absolute Gasteiger partial charge is 0.358 e. The number of carbonyl (C=O) groups is 1. The summed E-state index contributed by atoms with van der Waals surface area (Å²) in [5.74, 6) is -0.714. The lowest BCUT2D eigenvalue weighted by atomic mass is 10.0. The molecule has 0 aliphatic carbocycles. The Morgan fingerprint density at radius 1 is 1.45 bits per heavy atom. The Bertz CT molecular complexity index is 641. The number of hydrogen-bond acceptors (Lipinski definition) is 6. The predicted octanol–water partition coefficient (Wildman–Crippen LogP) is 0.589. The Balaban J connectivity index is 2.26. The third-order valence-corrected chi connectivity index (χ3v) is 5.03. The van der Waals surface area contributed by atoms with Crippen LogP contribution in [0.15, 0.2) is 23.2 Å². The zero-order chi connectivity index (χ0) is 14.9. The molecule has 1 aliphatic heterocycles. The number of Topliss-reactive ketones (excluding diaryl/α,β-unsaturated/α-hetero) is 1. The van der Waals surface area contributed by atoms with Crippen molar-refractivity contribution in [3.05, 3.63) is 28.4 Å². The van der Waals surface area contributed by atoms with E-state index in [0.29, 0.717) is 0 Å². The largest absolute Gasteiger partial charge is 0.363 e. The number of ketones is 1. The number of aromatic nitrogens is 1. The molecule has 8 nitrogen and oxygen atoms in total. The Kier molecular flexibility index (Phi) is 3.82. The Morgan fingerprint density at radius 3 is 2.65 bits per heavy atom. The Morgan fingerprint density at radius 2 is 2.15 bits per heavy atom. The van der Waals surface area contributed by atoms with Gasteiger partial charge in [-0.2, -0.15) is 4.31 Å². The minimum absolute atomic E-state index is 0.0401. The van der Waals surface area contributed by atoms with E-state index in [4.69, 9.17) is 0 Å². The van der Waals surface area contributed by atoms with Gasteiger partial charge in [-0.25, -0.2) is 8.42 Å². The summed E-state index contributed by atoms with van der Waals surface area (Å²) in [6.45, 7) is 1.93. The predicted molar refractivity (Wildman–Crippen MR) is 68.4 cm³/mol. The van der Waals surface area contributed by atoms with Crippen LogP contribution in [0, 0.1) is 16.0 Å². The quantitative estimate of drug-likeness (QED) is 0.596. The molecule has 1 aliphatic rings. The highest BCUT2D eigenvalue weighted by molar-refractivity contribution is 7.89. The van der Waals surface area contributed by atoms with Gasteiger partial charge in [-0.15, -0.1) is 0 Å². The average Bonchev–Trinajstić information content (AvgIpc) is 2.41. The van der Waals surface area contributed by atoms with Crippen molar-refractivity contribution in [2.45, 2.75) is 18.2 Å². The molecule has 20 heavy (non-hydrogen) atoms. The first-order chi connectivity index (χ1) is 9.32. The van der Waals surface area contributed by atoms with Crippen LogP contribution in [-0.4, -0.2) is 41.5 Å². The van der Waals surface area contributed by atoms with Crippen molar-refractivity contribution in [2.75, 3.05) is 13.1 Å². The van der Waals surface area contributed by atoms with Gasteiger partial charge in [0.25, 0.3) is 0 Å². The second-order valence-electron chi connectivity index (χ2n) is 4.59. The van der Waals surface area contributed by atoms with E-state index < -0.39 is 20.8 Å². The molecule has 9 heteroatoms. The molecular weight excluding hydrogens is 286 g/mol. The normalized spacial score (nSPS) is 20.9. The topological polar surface area (TPSA) is 110 Å². The van der Waals surface area contributed by atoms with Gasteiger partial charge in [0.2, 0.25) is 10.0 Å². The van der Waals surface area contributed by atoms with E-state index in [0.717, 1.165) is 18.3 Å². The highest BCUT2D eigenvalue weighted by atomic mass is 32.2. The second kappa shape index (κ2) is 5.25. The van der Waals surface area contributed by atoms with Crippen molar-refractivity contribution in [3.63, 3.8) is 0 Å². The number of sulfonamides is 1. The van der Waals surface area contributed by atoms with Crippen molar-refractivity contribution in [1.29, 1.82) is 0 Å². The van der Waals surface area contributed by atoms with Crippen molar-refractivity contribution in [3.8, 4) is 0 Å². The van der Waals surface area contributed by atoms with Crippen LogP contribution in [0.5, 0.6) is 0 Å². The van der Waals surface area contributed by atoms with Gasteiger partial charge in [-0.05, 0) is 16.0 Å². The maximum atomic E-state index is 12.3. The first-order valence-electron chi connectivity index (χ1n) is 5.95. The molecule has 1 unspecified atom stereocenters. The van der Waals surface area contributed by atoms with Crippen LogP contribution < -0.4 is 0 Å². The van der Waals surface area contributed by atoms with Crippen LogP contribution in [0.3, 0.4) is 0 Å². The SMILES string of the molecule is CC1CN(S(=O)(=O)c2ccc([N+](=O)[O-])nc2)CCC1=O. The summed E-state index contributed by atoms with van der Waals surface area (Å²) in [5, 5.41) is 10.5. The van der Waals surface area contributed by atoms with Crippen molar-refractivity contribution in [2.24, 2.45) is 5.92 Å². The number of piperidine rings is 1. The number of rotatable bonds is 3. The van der Waals surface area contributed by atoms with Crippen LogP contribution >= 0.6 is 0 Å². The van der Waals surface area contributed by atoms with Crippen LogP contribution in [-0.2, 0) is 14.8 Å². The van der Waals surface area contributed by atoms with E-state index in [-0.39, 0.29) is 36.1 Å². The molecule has 0 N–H and O–H groups in total.